The summed E-state index contributed by atoms with van der Waals surface area (Å²) in [5, 5.41) is 3.55. The minimum atomic E-state index is -0.545. The molecular formula is C18H15NO3. The summed E-state index contributed by atoms with van der Waals surface area (Å²) in [6, 6.07) is 13.9. The zero-order chi connectivity index (χ0) is 15.7. The lowest BCUT2D eigenvalue weighted by atomic mass is 10.0. The third-order valence-electron chi connectivity index (χ3n) is 3.70. The summed E-state index contributed by atoms with van der Waals surface area (Å²) in [6.07, 6.45) is 0.826. The molecule has 0 N–H and O–H groups in total. The average Bonchev–Trinajstić information content (AvgIpc) is 2.89. The molecule has 0 aromatic heterocycles. The van der Waals surface area contributed by atoms with Crippen LogP contribution in [0, 0.1) is 0 Å². The molecule has 3 rings (SSSR count). The topological polar surface area (TPSA) is 55.7 Å². The number of Topliss-reactive ketones (excluding diaryl/α,β-unsaturated/α-hetero) is 1. The maximum atomic E-state index is 12.3. The van der Waals surface area contributed by atoms with Crippen LogP contribution in [-0.2, 0) is 16.1 Å². The maximum Gasteiger partial charge on any atom is 0.331 e. The smallest absolute Gasteiger partial charge is 0.318 e. The van der Waals surface area contributed by atoms with Gasteiger partial charge in [0.25, 0.3) is 0 Å². The second-order valence-corrected chi connectivity index (χ2v) is 5.29. The lowest BCUT2D eigenvalue weighted by Gasteiger charge is -2.04. The molecule has 0 fully saturated rings. The van der Waals surface area contributed by atoms with E-state index in [4.69, 9.17) is 0 Å². The molecule has 0 heterocycles. The molecule has 2 aromatic rings. The van der Waals surface area contributed by atoms with E-state index in [0.717, 1.165) is 12.0 Å². The first-order valence-electron chi connectivity index (χ1n) is 7.04. The Kier molecular flexibility index (Phi) is 3.59. The summed E-state index contributed by atoms with van der Waals surface area (Å²) < 4.78 is 0. The standard InChI is InChI=1S/C18H15NO3/c1-11(19-22-12(2)20)18(21)14-7-8-17-15(10-14)9-13-5-3-4-6-16(13)17/h3-8,10H,9H2,1-2H3/b19-11-. The number of hydrogen-bond donors (Lipinski definition) is 0. The van der Waals surface area contributed by atoms with Crippen LogP contribution in [0.25, 0.3) is 11.1 Å². The van der Waals surface area contributed by atoms with E-state index in [2.05, 4.69) is 22.1 Å². The van der Waals surface area contributed by atoms with Crippen LogP contribution in [0.5, 0.6) is 0 Å². The molecule has 0 saturated carbocycles. The molecule has 0 saturated heterocycles. The van der Waals surface area contributed by atoms with Crippen LogP contribution in [-0.4, -0.2) is 17.5 Å². The summed E-state index contributed by atoms with van der Waals surface area (Å²) >= 11 is 0. The fourth-order valence-corrected chi connectivity index (χ4v) is 2.67. The fraction of sp³-hybridized carbons (Fsp3) is 0.167. The van der Waals surface area contributed by atoms with Gasteiger partial charge in [-0.25, -0.2) is 4.79 Å². The Morgan fingerprint density at radius 3 is 2.50 bits per heavy atom. The van der Waals surface area contributed by atoms with Crippen molar-refractivity contribution in [1.29, 1.82) is 0 Å². The number of rotatable bonds is 3. The minimum absolute atomic E-state index is 0.158. The van der Waals surface area contributed by atoms with Gasteiger partial charge in [-0.3, -0.25) is 4.79 Å². The molecular weight excluding hydrogens is 278 g/mol. The number of hydrogen-bond acceptors (Lipinski definition) is 4. The molecule has 1 aliphatic rings. The summed E-state index contributed by atoms with van der Waals surface area (Å²) in [7, 11) is 0. The van der Waals surface area contributed by atoms with Gasteiger partial charge in [-0.05, 0) is 41.7 Å². The molecule has 22 heavy (non-hydrogen) atoms. The molecule has 0 atom stereocenters. The average molecular weight is 293 g/mol. The second-order valence-electron chi connectivity index (χ2n) is 5.29. The second kappa shape index (κ2) is 5.56. The monoisotopic (exact) mass is 293 g/mol. The Morgan fingerprint density at radius 2 is 1.73 bits per heavy atom. The van der Waals surface area contributed by atoms with Gasteiger partial charge in [0.1, 0.15) is 5.71 Å². The van der Waals surface area contributed by atoms with Gasteiger partial charge in [-0.2, -0.15) is 0 Å². The predicted octanol–water partition coefficient (Wildman–Crippen LogP) is 3.38. The van der Waals surface area contributed by atoms with Gasteiger partial charge in [0.05, 0.1) is 0 Å². The fourth-order valence-electron chi connectivity index (χ4n) is 2.67. The highest BCUT2D eigenvalue weighted by Crippen LogP contribution is 2.36. The third kappa shape index (κ3) is 2.55. The van der Waals surface area contributed by atoms with E-state index in [9.17, 15) is 9.59 Å². The highest BCUT2D eigenvalue weighted by molar-refractivity contribution is 6.45. The van der Waals surface area contributed by atoms with Crippen LogP contribution in [0.1, 0.15) is 35.3 Å². The van der Waals surface area contributed by atoms with Gasteiger partial charge in [-0.15, -0.1) is 0 Å². The van der Waals surface area contributed by atoms with Crippen molar-refractivity contribution in [2.75, 3.05) is 0 Å². The van der Waals surface area contributed by atoms with Crippen molar-refractivity contribution in [2.45, 2.75) is 20.3 Å². The van der Waals surface area contributed by atoms with Gasteiger partial charge in [-0.1, -0.05) is 41.6 Å². The summed E-state index contributed by atoms with van der Waals surface area (Å²) in [5.74, 6) is -0.781. The van der Waals surface area contributed by atoms with Crippen molar-refractivity contribution in [2.24, 2.45) is 5.16 Å². The molecule has 0 bridgehead atoms. The molecule has 0 radical (unpaired) electrons. The van der Waals surface area contributed by atoms with Gasteiger partial charge in [0.15, 0.2) is 0 Å². The van der Waals surface area contributed by atoms with E-state index in [-0.39, 0.29) is 11.5 Å². The van der Waals surface area contributed by atoms with Crippen molar-refractivity contribution in [1.82, 2.24) is 0 Å². The van der Waals surface area contributed by atoms with E-state index >= 15 is 0 Å². The summed E-state index contributed by atoms with van der Waals surface area (Å²) in [6.45, 7) is 2.78. The Balaban J connectivity index is 1.90. The Morgan fingerprint density at radius 1 is 1.00 bits per heavy atom. The summed E-state index contributed by atoms with van der Waals surface area (Å²) in [4.78, 5) is 27.6. The lowest BCUT2D eigenvalue weighted by Crippen LogP contribution is -2.12. The number of ketones is 1. The molecule has 110 valence electrons. The first-order chi connectivity index (χ1) is 10.6. The summed E-state index contributed by atoms with van der Waals surface area (Å²) in [5.41, 5.74) is 5.51. The van der Waals surface area contributed by atoms with Crippen LogP contribution in [0.15, 0.2) is 47.6 Å². The Hall–Kier alpha value is -2.75. The van der Waals surface area contributed by atoms with Crippen LogP contribution >= 0.6 is 0 Å². The van der Waals surface area contributed by atoms with E-state index in [1.807, 2.05) is 24.3 Å². The molecule has 0 spiro atoms. The lowest BCUT2D eigenvalue weighted by molar-refractivity contribution is -0.140. The van der Waals surface area contributed by atoms with E-state index in [0.29, 0.717) is 5.56 Å². The third-order valence-corrected chi connectivity index (χ3v) is 3.70. The number of benzene rings is 2. The maximum absolute atomic E-state index is 12.3. The quantitative estimate of drug-likeness (QED) is 0.322. The van der Waals surface area contributed by atoms with Crippen LogP contribution < -0.4 is 0 Å². The molecule has 4 nitrogen and oxygen atoms in total. The normalized spacial score (nSPS) is 12.5. The van der Waals surface area contributed by atoms with E-state index < -0.39 is 5.97 Å². The first kappa shape index (κ1) is 14.2. The molecule has 4 heteroatoms. The highest BCUT2D eigenvalue weighted by Gasteiger charge is 2.20. The Bertz CT molecular complexity index is 806. The minimum Gasteiger partial charge on any atom is -0.318 e. The van der Waals surface area contributed by atoms with Crippen molar-refractivity contribution >= 4 is 17.5 Å². The molecule has 1 aliphatic carbocycles. The van der Waals surface area contributed by atoms with Crippen molar-refractivity contribution < 1.29 is 14.4 Å². The van der Waals surface area contributed by atoms with Gasteiger partial charge in [0, 0.05) is 12.5 Å². The zero-order valence-corrected chi connectivity index (χ0v) is 12.4. The zero-order valence-electron chi connectivity index (χ0n) is 12.4. The first-order valence-corrected chi connectivity index (χ1v) is 7.04. The van der Waals surface area contributed by atoms with E-state index in [1.54, 1.807) is 6.07 Å². The predicted molar refractivity (Wildman–Crippen MR) is 83.9 cm³/mol. The molecule has 0 aliphatic heterocycles. The van der Waals surface area contributed by atoms with Gasteiger partial charge >= 0.3 is 5.97 Å². The number of carbonyl (C=O) groups is 2. The van der Waals surface area contributed by atoms with Crippen molar-refractivity contribution in [3.05, 3.63) is 59.2 Å². The SMILES string of the molecule is CC(=O)O/N=C(/C)C(=O)c1ccc2c(c1)Cc1ccccc1-2. The largest absolute Gasteiger partial charge is 0.331 e. The van der Waals surface area contributed by atoms with Gasteiger partial charge < -0.3 is 4.84 Å². The van der Waals surface area contributed by atoms with Crippen LogP contribution in [0.4, 0.5) is 0 Å². The molecule has 0 unspecified atom stereocenters. The number of fused-ring (bicyclic) bond motifs is 3. The highest BCUT2D eigenvalue weighted by atomic mass is 16.7. The molecule has 0 amide bonds. The Labute approximate surface area is 128 Å². The van der Waals surface area contributed by atoms with Gasteiger partial charge in [0.2, 0.25) is 5.78 Å². The number of oxime groups is 1. The van der Waals surface area contributed by atoms with Crippen LogP contribution in [0.3, 0.4) is 0 Å². The van der Waals surface area contributed by atoms with Crippen molar-refractivity contribution in [3.63, 3.8) is 0 Å². The van der Waals surface area contributed by atoms with E-state index in [1.165, 1.54) is 30.5 Å². The van der Waals surface area contributed by atoms with Crippen LogP contribution in [0.2, 0.25) is 0 Å². The number of carbonyl (C=O) groups excluding carboxylic acids is 2. The number of nitrogens with zero attached hydrogens (tertiary/aromatic N) is 1. The van der Waals surface area contributed by atoms with Crippen molar-refractivity contribution in [3.8, 4) is 11.1 Å². The molecule has 2 aromatic carbocycles.